The summed E-state index contributed by atoms with van der Waals surface area (Å²) in [4.78, 5) is 15.1. The average molecular weight is 309 g/mol. The van der Waals surface area contributed by atoms with Gasteiger partial charge in [0.25, 0.3) is 0 Å². The molecule has 0 bridgehead atoms. The Morgan fingerprint density at radius 3 is 3.11 bits per heavy atom. The van der Waals surface area contributed by atoms with Crippen molar-refractivity contribution in [3.63, 3.8) is 0 Å². The second-order valence-corrected chi connectivity index (χ2v) is 4.85. The van der Waals surface area contributed by atoms with Gasteiger partial charge in [0, 0.05) is 10.7 Å². The van der Waals surface area contributed by atoms with Crippen LogP contribution in [0.4, 0.5) is 0 Å². The van der Waals surface area contributed by atoms with Crippen LogP contribution in [0.3, 0.4) is 0 Å². The molecule has 92 valence electrons. The zero-order valence-electron chi connectivity index (χ0n) is 9.26. The van der Waals surface area contributed by atoms with E-state index in [1.165, 1.54) is 6.20 Å². The molecule has 6 heteroatoms. The second-order valence-electron chi connectivity index (χ2n) is 3.94. The summed E-state index contributed by atoms with van der Waals surface area (Å²) in [5.74, 6) is 0.327. The minimum atomic E-state index is -1.02. The normalized spacial score (nSPS) is 13.2. The van der Waals surface area contributed by atoms with Gasteiger partial charge in [-0.15, -0.1) is 0 Å². The second kappa shape index (κ2) is 4.13. The Bertz CT molecular complexity index is 636. The van der Waals surface area contributed by atoms with Crippen molar-refractivity contribution in [1.29, 1.82) is 0 Å². The number of aromatic carboxylic acids is 1. The van der Waals surface area contributed by atoms with Gasteiger partial charge in [0.1, 0.15) is 18.2 Å². The van der Waals surface area contributed by atoms with Crippen molar-refractivity contribution < 1.29 is 14.6 Å². The van der Waals surface area contributed by atoms with Crippen LogP contribution in [-0.4, -0.2) is 27.2 Å². The van der Waals surface area contributed by atoms with Crippen LogP contribution in [0, 0.1) is 0 Å². The van der Waals surface area contributed by atoms with Crippen molar-refractivity contribution in [3.05, 3.63) is 34.6 Å². The highest BCUT2D eigenvalue weighted by molar-refractivity contribution is 9.10. The van der Waals surface area contributed by atoms with E-state index in [4.69, 9.17) is 9.84 Å². The van der Waals surface area contributed by atoms with Crippen LogP contribution in [0.5, 0.6) is 5.75 Å². The van der Waals surface area contributed by atoms with Crippen LogP contribution in [0.2, 0.25) is 0 Å². The number of carboxylic acid groups (broad SMARTS) is 1. The molecule has 1 aromatic carbocycles. The maximum Gasteiger partial charge on any atom is 0.356 e. The molecule has 1 aliphatic rings. The fraction of sp³-hybridized carbons (Fsp3) is 0.167. The maximum absolute atomic E-state index is 11.0. The zero-order chi connectivity index (χ0) is 12.7. The number of aromatic nitrogens is 2. The molecule has 5 nitrogen and oxygen atoms in total. The van der Waals surface area contributed by atoms with Gasteiger partial charge in [-0.25, -0.2) is 9.78 Å². The number of imidazole rings is 1. The van der Waals surface area contributed by atoms with Gasteiger partial charge in [0.15, 0.2) is 5.69 Å². The molecule has 1 aliphatic heterocycles. The van der Waals surface area contributed by atoms with Crippen LogP contribution in [0.1, 0.15) is 10.5 Å². The molecular formula is C12H9BrN2O3. The third-order valence-corrected chi connectivity index (χ3v) is 3.26. The minimum Gasteiger partial charge on any atom is -0.491 e. The molecule has 18 heavy (non-hydrogen) atoms. The number of benzene rings is 1. The highest BCUT2D eigenvalue weighted by Crippen LogP contribution is 2.34. The first kappa shape index (κ1) is 11.3. The SMILES string of the molecule is O=C(O)c1cn2c(n1)-c1ccc(Br)cc1OCC2. The predicted molar refractivity (Wildman–Crippen MR) is 67.8 cm³/mol. The largest absolute Gasteiger partial charge is 0.491 e. The molecule has 0 saturated heterocycles. The first-order valence-electron chi connectivity index (χ1n) is 5.38. The molecule has 2 heterocycles. The van der Waals surface area contributed by atoms with E-state index in [-0.39, 0.29) is 5.69 Å². The maximum atomic E-state index is 11.0. The molecule has 3 rings (SSSR count). The van der Waals surface area contributed by atoms with Gasteiger partial charge in [0.2, 0.25) is 0 Å². The van der Waals surface area contributed by atoms with Gasteiger partial charge >= 0.3 is 5.97 Å². The number of halogens is 1. The number of nitrogens with zero attached hydrogens (tertiary/aromatic N) is 2. The molecule has 0 unspecified atom stereocenters. The average Bonchev–Trinajstić information content (AvgIpc) is 2.67. The van der Waals surface area contributed by atoms with Crippen molar-refractivity contribution in [2.24, 2.45) is 0 Å². The van der Waals surface area contributed by atoms with Crippen LogP contribution in [0.25, 0.3) is 11.4 Å². The van der Waals surface area contributed by atoms with Crippen LogP contribution in [-0.2, 0) is 6.54 Å². The summed E-state index contributed by atoms with van der Waals surface area (Å²) in [5, 5.41) is 8.98. The number of hydrogen-bond donors (Lipinski definition) is 1. The fourth-order valence-electron chi connectivity index (χ4n) is 1.96. The van der Waals surface area contributed by atoms with E-state index in [2.05, 4.69) is 20.9 Å². The Balaban J connectivity index is 2.20. The molecule has 0 radical (unpaired) electrons. The third kappa shape index (κ3) is 1.78. The Morgan fingerprint density at radius 1 is 1.50 bits per heavy atom. The molecule has 1 N–H and O–H groups in total. The van der Waals surface area contributed by atoms with E-state index in [1.807, 2.05) is 22.8 Å². The molecule has 0 atom stereocenters. The standard InChI is InChI=1S/C12H9BrN2O3/c13-7-1-2-8-10(5-7)18-4-3-15-6-9(12(16)17)14-11(8)15/h1-2,5-6H,3-4H2,(H,16,17). The highest BCUT2D eigenvalue weighted by atomic mass is 79.9. The lowest BCUT2D eigenvalue weighted by atomic mass is 10.2. The summed E-state index contributed by atoms with van der Waals surface area (Å²) in [6.07, 6.45) is 1.54. The first-order valence-corrected chi connectivity index (χ1v) is 6.17. The zero-order valence-corrected chi connectivity index (χ0v) is 10.8. The third-order valence-electron chi connectivity index (χ3n) is 2.77. The quantitative estimate of drug-likeness (QED) is 0.878. The Morgan fingerprint density at radius 2 is 2.33 bits per heavy atom. The lowest BCUT2D eigenvalue weighted by molar-refractivity contribution is 0.0691. The summed E-state index contributed by atoms with van der Waals surface area (Å²) in [6.45, 7) is 1.08. The highest BCUT2D eigenvalue weighted by Gasteiger charge is 2.20. The lowest BCUT2D eigenvalue weighted by Gasteiger charge is -2.05. The molecule has 0 spiro atoms. The molecule has 2 aromatic rings. The van der Waals surface area contributed by atoms with E-state index in [9.17, 15) is 4.79 Å². The van der Waals surface area contributed by atoms with Crippen molar-refractivity contribution >= 4 is 21.9 Å². The van der Waals surface area contributed by atoms with Gasteiger partial charge in [-0.1, -0.05) is 15.9 Å². The molecule has 0 amide bonds. The van der Waals surface area contributed by atoms with Crippen LogP contribution < -0.4 is 4.74 Å². The Kier molecular flexibility index (Phi) is 2.59. The smallest absolute Gasteiger partial charge is 0.356 e. The topological polar surface area (TPSA) is 64.3 Å². The van der Waals surface area contributed by atoms with Gasteiger partial charge in [-0.3, -0.25) is 0 Å². The van der Waals surface area contributed by atoms with Gasteiger partial charge in [0.05, 0.1) is 12.1 Å². The molecular weight excluding hydrogens is 300 g/mol. The number of carbonyl (C=O) groups is 1. The predicted octanol–water partition coefficient (Wildman–Crippen LogP) is 2.40. The number of fused-ring (bicyclic) bond motifs is 3. The summed E-state index contributed by atoms with van der Waals surface area (Å²) in [5.41, 5.74) is 0.865. The molecule has 0 saturated carbocycles. The Hall–Kier alpha value is -1.82. The van der Waals surface area contributed by atoms with E-state index >= 15 is 0 Å². The van der Waals surface area contributed by atoms with Gasteiger partial charge in [-0.2, -0.15) is 0 Å². The summed E-state index contributed by atoms with van der Waals surface area (Å²) >= 11 is 3.38. The van der Waals surface area contributed by atoms with Crippen molar-refractivity contribution in [2.45, 2.75) is 6.54 Å². The number of carboxylic acids is 1. The van der Waals surface area contributed by atoms with E-state index in [1.54, 1.807) is 0 Å². The molecule has 1 aromatic heterocycles. The summed E-state index contributed by atoms with van der Waals surface area (Å²) < 4.78 is 8.36. The van der Waals surface area contributed by atoms with Crippen molar-refractivity contribution in [3.8, 4) is 17.1 Å². The number of ether oxygens (including phenoxy) is 1. The number of rotatable bonds is 1. The Labute approximate surface area is 111 Å². The van der Waals surface area contributed by atoms with Crippen LogP contribution in [0.15, 0.2) is 28.9 Å². The van der Waals surface area contributed by atoms with E-state index < -0.39 is 5.97 Å². The molecule has 0 fully saturated rings. The minimum absolute atomic E-state index is 0.0563. The molecule has 0 aliphatic carbocycles. The summed E-state index contributed by atoms with van der Waals surface area (Å²) in [6, 6.07) is 5.61. The van der Waals surface area contributed by atoms with E-state index in [0.29, 0.717) is 24.7 Å². The summed E-state index contributed by atoms with van der Waals surface area (Å²) in [7, 11) is 0. The number of hydrogen-bond acceptors (Lipinski definition) is 3. The van der Waals surface area contributed by atoms with Gasteiger partial charge in [-0.05, 0) is 18.2 Å². The van der Waals surface area contributed by atoms with E-state index in [0.717, 1.165) is 10.0 Å². The van der Waals surface area contributed by atoms with Crippen LogP contribution >= 0.6 is 15.9 Å². The van der Waals surface area contributed by atoms with Crippen molar-refractivity contribution in [1.82, 2.24) is 9.55 Å². The lowest BCUT2D eigenvalue weighted by Crippen LogP contribution is -2.04. The fourth-order valence-corrected chi connectivity index (χ4v) is 2.30. The monoisotopic (exact) mass is 308 g/mol. The van der Waals surface area contributed by atoms with Gasteiger partial charge < -0.3 is 14.4 Å². The first-order chi connectivity index (χ1) is 8.65. The van der Waals surface area contributed by atoms with Crippen molar-refractivity contribution in [2.75, 3.05) is 6.61 Å².